The number of rotatable bonds is 5. The summed E-state index contributed by atoms with van der Waals surface area (Å²) in [6, 6.07) is 13.8. The van der Waals surface area contributed by atoms with Gasteiger partial charge in [0.1, 0.15) is 11.4 Å². The number of benzene rings is 2. The van der Waals surface area contributed by atoms with E-state index in [0.29, 0.717) is 54.3 Å². The van der Waals surface area contributed by atoms with Crippen LogP contribution in [0.15, 0.2) is 48.5 Å². The molecule has 0 atom stereocenters. The molecule has 2 aliphatic heterocycles. The zero-order chi connectivity index (χ0) is 24.0. The topological polar surface area (TPSA) is 128 Å². The number of amides is 2. The van der Waals surface area contributed by atoms with E-state index in [2.05, 4.69) is 5.10 Å². The third-order valence-corrected chi connectivity index (χ3v) is 7.99. The fraction of sp³-hybridized carbons (Fsp3) is 0.261. The maximum atomic E-state index is 13.6. The largest absolute Gasteiger partial charge is 0.497 e. The van der Waals surface area contributed by atoms with Crippen molar-refractivity contribution >= 4 is 33.2 Å². The molecule has 2 amide bonds. The van der Waals surface area contributed by atoms with Gasteiger partial charge in [-0.3, -0.25) is 13.9 Å². The standard InChI is InChI=1S/C23H23N5O5S/c1-33-18-9-7-17(8-10-18)28-21-19(20(25-28)22(24)29)11-13-26(23(21)30)15-3-5-16(6-4-15)27-12-2-14-34(27,31)32/h3-10H,2,11-14H2,1H3,(H2,24,29). The normalized spacial score (nSPS) is 17.0. The van der Waals surface area contributed by atoms with E-state index in [-0.39, 0.29) is 23.0 Å². The van der Waals surface area contributed by atoms with Crippen molar-refractivity contribution in [3.63, 3.8) is 0 Å². The molecule has 176 valence electrons. The number of fused-ring (bicyclic) bond motifs is 1. The molecule has 0 aliphatic carbocycles. The van der Waals surface area contributed by atoms with Crippen LogP contribution in [0.5, 0.6) is 5.75 Å². The van der Waals surface area contributed by atoms with Gasteiger partial charge >= 0.3 is 0 Å². The van der Waals surface area contributed by atoms with Crippen LogP contribution >= 0.6 is 0 Å². The van der Waals surface area contributed by atoms with Crippen LogP contribution in [0.4, 0.5) is 11.4 Å². The van der Waals surface area contributed by atoms with Gasteiger partial charge in [0.15, 0.2) is 5.69 Å². The Hall–Kier alpha value is -3.86. The Bertz CT molecular complexity index is 1380. The maximum absolute atomic E-state index is 13.6. The van der Waals surface area contributed by atoms with Crippen molar-refractivity contribution < 1.29 is 22.7 Å². The van der Waals surface area contributed by atoms with Gasteiger partial charge in [0, 0.05) is 24.3 Å². The van der Waals surface area contributed by atoms with Gasteiger partial charge in [-0.1, -0.05) is 0 Å². The summed E-state index contributed by atoms with van der Waals surface area (Å²) in [7, 11) is -1.73. The first-order valence-corrected chi connectivity index (χ1v) is 12.4. The van der Waals surface area contributed by atoms with Crippen molar-refractivity contribution in [3.05, 3.63) is 65.5 Å². The lowest BCUT2D eigenvalue weighted by molar-refractivity contribution is 0.0972. The summed E-state index contributed by atoms with van der Waals surface area (Å²) < 4.78 is 32.5. The molecule has 0 saturated carbocycles. The molecule has 3 aromatic rings. The first-order chi connectivity index (χ1) is 16.3. The molecule has 2 aromatic carbocycles. The van der Waals surface area contributed by atoms with Crippen LogP contribution in [0, 0.1) is 0 Å². The fourth-order valence-corrected chi connectivity index (χ4v) is 6.01. The number of hydrogen-bond acceptors (Lipinski definition) is 6. The van der Waals surface area contributed by atoms with Crippen molar-refractivity contribution in [1.82, 2.24) is 9.78 Å². The Morgan fingerprint density at radius 2 is 1.65 bits per heavy atom. The van der Waals surface area contributed by atoms with Crippen molar-refractivity contribution in [1.29, 1.82) is 0 Å². The molecule has 2 N–H and O–H groups in total. The van der Waals surface area contributed by atoms with Crippen LogP contribution in [0.3, 0.4) is 0 Å². The zero-order valence-electron chi connectivity index (χ0n) is 18.5. The van der Waals surface area contributed by atoms with Crippen molar-refractivity contribution in [3.8, 4) is 11.4 Å². The van der Waals surface area contributed by atoms with E-state index in [9.17, 15) is 18.0 Å². The Morgan fingerprint density at radius 1 is 1.00 bits per heavy atom. The summed E-state index contributed by atoms with van der Waals surface area (Å²) in [6.07, 6.45) is 0.993. The maximum Gasteiger partial charge on any atom is 0.277 e. The van der Waals surface area contributed by atoms with Crippen LogP contribution in [-0.2, 0) is 16.4 Å². The SMILES string of the molecule is COc1ccc(-n2nc(C(N)=O)c3c2C(=O)N(c2ccc(N4CCCS4(=O)=O)cc2)CC3)cc1. The molecule has 0 spiro atoms. The van der Waals surface area contributed by atoms with Crippen LogP contribution in [0.25, 0.3) is 5.69 Å². The van der Waals surface area contributed by atoms with Crippen molar-refractivity contribution in [2.24, 2.45) is 5.73 Å². The minimum Gasteiger partial charge on any atom is -0.497 e. The van der Waals surface area contributed by atoms with Crippen molar-refractivity contribution in [2.75, 3.05) is 35.2 Å². The summed E-state index contributed by atoms with van der Waals surface area (Å²) >= 11 is 0. The predicted molar refractivity (Wildman–Crippen MR) is 126 cm³/mol. The molecule has 10 nitrogen and oxygen atoms in total. The van der Waals surface area contributed by atoms with Gasteiger partial charge in [-0.15, -0.1) is 0 Å². The number of primary amides is 1. The highest BCUT2D eigenvalue weighted by Crippen LogP contribution is 2.31. The number of hydrogen-bond donors (Lipinski definition) is 1. The summed E-state index contributed by atoms with van der Waals surface area (Å²) in [5.41, 5.74) is 8.21. The monoisotopic (exact) mass is 481 g/mol. The molecule has 34 heavy (non-hydrogen) atoms. The molecule has 1 fully saturated rings. The number of nitrogens with zero attached hydrogens (tertiary/aromatic N) is 4. The van der Waals surface area contributed by atoms with Gasteiger partial charge in [0.2, 0.25) is 10.0 Å². The van der Waals surface area contributed by atoms with E-state index >= 15 is 0 Å². The van der Waals surface area contributed by atoms with Gasteiger partial charge in [-0.05, 0) is 61.4 Å². The number of anilines is 2. The molecule has 1 saturated heterocycles. The van der Waals surface area contributed by atoms with Gasteiger partial charge in [-0.2, -0.15) is 5.10 Å². The average molecular weight is 482 g/mol. The van der Waals surface area contributed by atoms with E-state index in [0.717, 1.165) is 0 Å². The lowest BCUT2D eigenvalue weighted by Crippen LogP contribution is -2.39. The van der Waals surface area contributed by atoms with E-state index < -0.39 is 15.9 Å². The predicted octanol–water partition coefficient (Wildman–Crippen LogP) is 1.72. The minimum atomic E-state index is -3.29. The number of ether oxygens (including phenoxy) is 1. The van der Waals surface area contributed by atoms with E-state index in [4.69, 9.17) is 10.5 Å². The van der Waals surface area contributed by atoms with Gasteiger partial charge in [0.25, 0.3) is 11.8 Å². The number of carbonyl (C=O) groups excluding carboxylic acids is 2. The first-order valence-electron chi connectivity index (χ1n) is 10.8. The second-order valence-electron chi connectivity index (χ2n) is 8.11. The molecule has 5 rings (SSSR count). The van der Waals surface area contributed by atoms with Crippen LogP contribution in [0.2, 0.25) is 0 Å². The molecular weight excluding hydrogens is 458 g/mol. The summed E-state index contributed by atoms with van der Waals surface area (Å²) in [5, 5.41) is 4.36. The average Bonchev–Trinajstić information content (AvgIpc) is 3.40. The van der Waals surface area contributed by atoms with Crippen LogP contribution in [0.1, 0.15) is 33.0 Å². The number of methoxy groups -OCH3 is 1. The molecule has 3 heterocycles. The molecule has 0 bridgehead atoms. The van der Waals surface area contributed by atoms with E-state index in [1.807, 2.05) is 0 Å². The third-order valence-electron chi connectivity index (χ3n) is 6.12. The third kappa shape index (κ3) is 3.58. The van der Waals surface area contributed by atoms with E-state index in [1.165, 1.54) is 8.99 Å². The second-order valence-corrected chi connectivity index (χ2v) is 10.1. The van der Waals surface area contributed by atoms with Crippen LogP contribution < -0.4 is 19.7 Å². The van der Waals surface area contributed by atoms with Gasteiger partial charge < -0.3 is 15.4 Å². The molecule has 1 aromatic heterocycles. The Labute approximate surface area is 196 Å². The Kier molecular flexibility index (Phi) is 5.28. The van der Waals surface area contributed by atoms with Crippen LogP contribution in [-0.4, -0.2) is 56.0 Å². The first kappa shape index (κ1) is 22.0. The Balaban J connectivity index is 1.51. The summed E-state index contributed by atoms with van der Waals surface area (Å²) in [5.74, 6) is -0.229. The number of carbonyl (C=O) groups is 2. The number of sulfonamides is 1. The summed E-state index contributed by atoms with van der Waals surface area (Å²) in [6.45, 7) is 0.784. The lowest BCUT2D eigenvalue weighted by Gasteiger charge is -2.28. The molecule has 2 aliphatic rings. The minimum absolute atomic E-state index is 0.0772. The highest BCUT2D eigenvalue weighted by Gasteiger charge is 2.35. The smallest absolute Gasteiger partial charge is 0.277 e. The highest BCUT2D eigenvalue weighted by atomic mass is 32.2. The second kappa shape index (κ2) is 8.17. The molecular formula is C23H23N5O5S. The molecule has 0 unspecified atom stereocenters. The van der Waals surface area contributed by atoms with Crippen molar-refractivity contribution in [2.45, 2.75) is 12.8 Å². The quantitative estimate of drug-likeness (QED) is 0.591. The lowest BCUT2D eigenvalue weighted by atomic mass is 10.0. The van der Waals surface area contributed by atoms with Gasteiger partial charge in [-0.25, -0.2) is 13.1 Å². The number of nitrogens with two attached hydrogens (primary N) is 1. The van der Waals surface area contributed by atoms with Gasteiger partial charge in [0.05, 0.1) is 24.2 Å². The number of aromatic nitrogens is 2. The molecule has 0 radical (unpaired) electrons. The zero-order valence-corrected chi connectivity index (χ0v) is 19.3. The van der Waals surface area contributed by atoms with E-state index in [1.54, 1.807) is 60.5 Å². The summed E-state index contributed by atoms with van der Waals surface area (Å²) in [4.78, 5) is 27.2. The highest BCUT2D eigenvalue weighted by molar-refractivity contribution is 7.93. The fourth-order valence-electron chi connectivity index (χ4n) is 4.44. The Morgan fingerprint density at radius 3 is 2.24 bits per heavy atom. The molecule has 11 heteroatoms.